The minimum atomic E-state index is -0.507. The molecule has 1 aromatic heterocycles. The molecule has 0 atom stereocenters. The molecular weight excluding hydrogens is 324 g/mol. The molecule has 2 amide bonds. The van der Waals surface area contributed by atoms with E-state index in [1.807, 2.05) is 35.2 Å². The van der Waals surface area contributed by atoms with E-state index in [1.165, 1.54) is 11.3 Å². The number of hydroxylamine groups is 1. The number of carbonyl (C=O) groups excluding carboxylic acids is 2. The number of hydrogen-bond acceptors (Lipinski definition) is 4. The molecule has 126 valence electrons. The van der Waals surface area contributed by atoms with Gasteiger partial charge in [0.15, 0.2) is 0 Å². The Bertz CT molecular complexity index is 768. The van der Waals surface area contributed by atoms with Crippen molar-refractivity contribution in [3.8, 4) is 0 Å². The molecule has 24 heavy (non-hydrogen) atoms. The van der Waals surface area contributed by atoms with Crippen LogP contribution in [-0.4, -0.2) is 28.5 Å². The number of benzene rings is 1. The summed E-state index contributed by atoms with van der Waals surface area (Å²) in [4.78, 5) is 27.8. The van der Waals surface area contributed by atoms with Gasteiger partial charge in [0.1, 0.15) is 0 Å². The second-order valence-electron chi connectivity index (χ2n) is 6.70. The molecule has 0 saturated heterocycles. The van der Waals surface area contributed by atoms with Crippen molar-refractivity contribution >= 4 is 23.2 Å². The van der Waals surface area contributed by atoms with Crippen LogP contribution in [-0.2, 0) is 23.2 Å². The normalized spacial score (nSPS) is 15.7. The van der Waals surface area contributed by atoms with Crippen LogP contribution in [0.15, 0.2) is 36.4 Å². The van der Waals surface area contributed by atoms with Gasteiger partial charge >= 0.3 is 0 Å². The molecular formula is C18H20N2O3S. The van der Waals surface area contributed by atoms with E-state index in [0.717, 1.165) is 16.0 Å². The Balaban J connectivity index is 1.82. The number of fused-ring (bicyclic) bond motifs is 1. The van der Waals surface area contributed by atoms with Crippen molar-refractivity contribution in [1.29, 1.82) is 0 Å². The molecule has 0 bridgehead atoms. The summed E-state index contributed by atoms with van der Waals surface area (Å²) in [6.45, 7) is 5.27. The van der Waals surface area contributed by atoms with Gasteiger partial charge in [0.25, 0.3) is 5.91 Å². The molecule has 0 aliphatic carbocycles. The van der Waals surface area contributed by atoms with E-state index in [4.69, 9.17) is 5.21 Å². The summed E-state index contributed by atoms with van der Waals surface area (Å²) in [5.41, 5.74) is 3.43. The Labute approximate surface area is 144 Å². The number of thiophene rings is 1. The van der Waals surface area contributed by atoms with Crippen LogP contribution in [0.2, 0.25) is 0 Å². The second kappa shape index (κ2) is 6.37. The van der Waals surface area contributed by atoms with E-state index in [1.54, 1.807) is 11.5 Å². The Kier molecular flexibility index (Phi) is 4.43. The third-order valence-electron chi connectivity index (χ3n) is 4.25. The average molecular weight is 344 g/mol. The van der Waals surface area contributed by atoms with Crippen molar-refractivity contribution in [2.75, 3.05) is 6.54 Å². The van der Waals surface area contributed by atoms with Crippen LogP contribution in [0.5, 0.6) is 0 Å². The van der Waals surface area contributed by atoms with E-state index in [2.05, 4.69) is 13.8 Å². The molecule has 5 nitrogen and oxygen atoms in total. The zero-order chi connectivity index (χ0) is 17.3. The standard InChI is InChI=1S/C18H20N2O3S/c1-18(2)11-20(15(21)8-12-6-4-3-5-7-12)10-13-9-14(17(22)19-23)24-16(13)18/h3-7,9,23H,8,10-11H2,1-2H3,(H,19,22). The third kappa shape index (κ3) is 3.20. The quantitative estimate of drug-likeness (QED) is 0.664. The predicted octanol–water partition coefficient (Wildman–Crippen LogP) is 2.73. The molecule has 2 N–H and O–H groups in total. The van der Waals surface area contributed by atoms with Crippen LogP contribution >= 0.6 is 11.3 Å². The summed E-state index contributed by atoms with van der Waals surface area (Å²) in [5.74, 6) is -0.424. The Morgan fingerprint density at radius 1 is 1.29 bits per heavy atom. The molecule has 1 aromatic carbocycles. The van der Waals surface area contributed by atoms with E-state index in [-0.39, 0.29) is 11.3 Å². The summed E-state index contributed by atoms with van der Waals surface area (Å²) >= 11 is 1.38. The lowest BCUT2D eigenvalue weighted by atomic mass is 9.85. The fraction of sp³-hybridized carbons (Fsp3) is 0.333. The Hall–Kier alpha value is -2.18. The minimum absolute atomic E-state index is 0.0827. The van der Waals surface area contributed by atoms with Crippen LogP contribution in [0.4, 0.5) is 0 Å². The van der Waals surface area contributed by atoms with E-state index in [9.17, 15) is 9.59 Å². The van der Waals surface area contributed by atoms with Crippen LogP contribution in [0, 0.1) is 0 Å². The Morgan fingerprint density at radius 3 is 2.67 bits per heavy atom. The molecule has 6 heteroatoms. The van der Waals surface area contributed by atoms with Crippen LogP contribution in [0.3, 0.4) is 0 Å². The topological polar surface area (TPSA) is 69.6 Å². The molecule has 0 fully saturated rings. The van der Waals surface area contributed by atoms with Crippen LogP contribution in [0.1, 0.15) is 39.5 Å². The molecule has 1 aliphatic heterocycles. The SMILES string of the molecule is CC1(C)CN(C(=O)Cc2ccccc2)Cc2cc(C(=O)NO)sc21. The first-order chi connectivity index (χ1) is 11.4. The fourth-order valence-corrected chi connectivity index (χ4v) is 4.31. The first kappa shape index (κ1) is 16.7. The van der Waals surface area contributed by atoms with Gasteiger partial charge in [-0.25, -0.2) is 5.48 Å². The third-order valence-corrected chi connectivity index (χ3v) is 5.79. The van der Waals surface area contributed by atoms with Crippen molar-refractivity contribution in [2.24, 2.45) is 0 Å². The van der Waals surface area contributed by atoms with E-state index >= 15 is 0 Å². The lowest BCUT2D eigenvalue weighted by molar-refractivity contribution is -0.132. The molecule has 2 heterocycles. The summed E-state index contributed by atoms with van der Waals surface area (Å²) in [7, 11) is 0. The smallest absolute Gasteiger partial charge is 0.284 e. The van der Waals surface area contributed by atoms with Crippen molar-refractivity contribution < 1.29 is 14.8 Å². The lowest BCUT2D eigenvalue weighted by Crippen LogP contribution is -2.44. The van der Waals surface area contributed by atoms with Crippen molar-refractivity contribution in [3.05, 3.63) is 57.3 Å². The zero-order valence-electron chi connectivity index (χ0n) is 13.7. The number of hydrogen-bond donors (Lipinski definition) is 2. The van der Waals surface area contributed by atoms with Gasteiger partial charge in [0.2, 0.25) is 5.91 Å². The maximum absolute atomic E-state index is 12.7. The number of rotatable bonds is 3. The highest BCUT2D eigenvalue weighted by atomic mass is 32.1. The molecule has 3 rings (SSSR count). The highest BCUT2D eigenvalue weighted by Gasteiger charge is 2.36. The molecule has 0 radical (unpaired) electrons. The monoisotopic (exact) mass is 344 g/mol. The Morgan fingerprint density at radius 2 is 2.00 bits per heavy atom. The first-order valence-corrected chi connectivity index (χ1v) is 8.61. The molecule has 0 unspecified atom stereocenters. The molecule has 1 aliphatic rings. The van der Waals surface area contributed by atoms with E-state index in [0.29, 0.717) is 24.4 Å². The molecule has 0 spiro atoms. The van der Waals surface area contributed by atoms with Gasteiger partial charge in [-0.15, -0.1) is 11.3 Å². The number of amides is 2. The number of carbonyl (C=O) groups is 2. The zero-order valence-corrected chi connectivity index (χ0v) is 14.5. The summed E-state index contributed by atoms with van der Waals surface area (Å²) in [5, 5.41) is 8.83. The number of nitrogens with zero attached hydrogens (tertiary/aromatic N) is 1. The number of nitrogens with one attached hydrogen (secondary N) is 1. The summed E-state index contributed by atoms with van der Waals surface area (Å²) in [6, 6.07) is 11.5. The summed E-state index contributed by atoms with van der Waals surface area (Å²) < 4.78 is 0. The largest absolute Gasteiger partial charge is 0.337 e. The lowest BCUT2D eigenvalue weighted by Gasteiger charge is -2.38. The maximum atomic E-state index is 12.7. The van der Waals surface area contributed by atoms with Gasteiger partial charge in [-0.2, -0.15) is 0 Å². The van der Waals surface area contributed by atoms with Gasteiger partial charge in [0, 0.05) is 23.4 Å². The van der Waals surface area contributed by atoms with Gasteiger partial charge in [0.05, 0.1) is 11.3 Å². The highest BCUT2D eigenvalue weighted by molar-refractivity contribution is 7.14. The maximum Gasteiger partial charge on any atom is 0.284 e. The van der Waals surface area contributed by atoms with Gasteiger partial charge in [-0.3, -0.25) is 14.8 Å². The molecule has 2 aromatic rings. The van der Waals surface area contributed by atoms with Gasteiger partial charge < -0.3 is 4.90 Å². The average Bonchev–Trinajstić information content (AvgIpc) is 3.00. The van der Waals surface area contributed by atoms with Crippen molar-refractivity contribution in [2.45, 2.75) is 32.2 Å². The molecule has 0 saturated carbocycles. The minimum Gasteiger partial charge on any atom is -0.337 e. The van der Waals surface area contributed by atoms with Crippen molar-refractivity contribution in [3.63, 3.8) is 0 Å². The van der Waals surface area contributed by atoms with E-state index < -0.39 is 5.91 Å². The summed E-state index contributed by atoms with van der Waals surface area (Å²) in [6.07, 6.45) is 0.375. The van der Waals surface area contributed by atoms with Gasteiger partial charge in [-0.1, -0.05) is 44.2 Å². The van der Waals surface area contributed by atoms with Crippen LogP contribution < -0.4 is 5.48 Å². The van der Waals surface area contributed by atoms with Gasteiger partial charge in [-0.05, 0) is 17.2 Å². The van der Waals surface area contributed by atoms with Crippen LogP contribution in [0.25, 0.3) is 0 Å². The first-order valence-electron chi connectivity index (χ1n) is 7.80. The van der Waals surface area contributed by atoms with Crippen molar-refractivity contribution in [1.82, 2.24) is 10.4 Å². The fourth-order valence-electron chi connectivity index (χ4n) is 3.16. The second-order valence-corrected chi connectivity index (χ2v) is 7.75. The predicted molar refractivity (Wildman–Crippen MR) is 92.2 cm³/mol. The highest BCUT2D eigenvalue weighted by Crippen LogP contribution is 2.39.